The SMILES string of the molecule is C#CCOc1ccc(P(=O)(O)O)cc1. The molecule has 2 N–H and O–H groups in total. The summed E-state index contributed by atoms with van der Waals surface area (Å²) in [7, 11) is -4.16. The van der Waals surface area contributed by atoms with Gasteiger partial charge in [-0.1, -0.05) is 5.92 Å². The molecule has 0 atom stereocenters. The van der Waals surface area contributed by atoms with Crippen molar-refractivity contribution in [1.82, 2.24) is 0 Å². The van der Waals surface area contributed by atoms with Gasteiger partial charge in [0.25, 0.3) is 0 Å². The van der Waals surface area contributed by atoms with Crippen molar-refractivity contribution < 1.29 is 19.1 Å². The summed E-state index contributed by atoms with van der Waals surface area (Å²) < 4.78 is 15.8. The van der Waals surface area contributed by atoms with E-state index in [0.717, 1.165) is 0 Å². The zero-order valence-corrected chi connectivity index (χ0v) is 8.15. The second-order valence-electron chi connectivity index (χ2n) is 2.53. The van der Waals surface area contributed by atoms with Gasteiger partial charge in [0.2, 0.25) is 0 Å². The van der Waals surface area contributed by atoms with Gasteiger partial charge >= 0.3 is 7.60 Å². The van der Waals surface area contributed by atoms with Crippen LogP contribution in [0.2, 0.25) is 0 Å². The number of benzene rings is 1. The summed E-state index contributed by atoms with van der Waals surface area (Å²) in [5, 5.41) is -0.0365. The lowest BCUT2D eigenvalue weighted by atomic mass is 10.3. The van der Waals surface area contributed by atoms with Crippen molar-refractivity contribution in [2.75, 3.05) is 6.61 Å². The van der Waals surface area contributed by atoms with Crippen LogP contribution in [0.1, 0.15) is 0 Å². The Labute approximate surface area is 81.7 Å². The van der Waals surface area contributed by atoms with Gasteiger partial charge in [-0.3, -0.25) is 4.57 Å². The van der Waals surface area contributed by atoms with E-state index in [1.165, 1.54) is 24.3 Å². The van der Waals surface area contributed by atoms with Gasteiger partial charge in [0, 0.05) is 0 Å². The molecule has 0 bridgehead atoms. The van der Waals surface area contributed by atoms with Crippen LogP contribution in [0, 0.1) is 12.3 Å². The molecule has 0 fully saturated rings. The Bertz CT molecular complexity index is 384. The highest BCUT2D eigenvalue weighted by atomic mass is 31.2. The fourth-order valence-corrected chi connectivity index (χ4v) is 1.40. The minimum absolute atomic E-state index is 0.0365. The number of hydrogen-bond acceptors (Lipinski definition) is 2. The number of rotatable bonds is 3. The molecule has 0 aliphatic rings. The largest absolute Gasteiger partial charge is 0.481 e. The maximum atomic E-state index is 10.8. The van der Waals surface area contributed by atoms with E-state index in [9.17, 15) is 4.57 Å². The summed E-state index contributed by atoms with van der Waals surface area (Å²) in [6.07, 6.45) is 4.98. The van der Waals surface area contributed by atoms with E-state index < -0.39 is 7.60 Å². The molecule has 0 saturated heterocycles. The second-order valence-corrected chi connectivity index (χ2v) is 4.14. The van der Waals surface area contributed by atoms with E-state index in [2.05, 4.69) is 5.92 Å². The van der Waals surface area contributed by atoms with Crippen molar-refractivity contribution in [3.63, 3.8) is 0 Å². The minimum atomic E-state index is -4.16. The molecule has 4 nitrogen and oxygen atoms in total. The van der Waals surface area contributed by atoms with Crippen molar-refractivity contribution in [3.05, 3.63) is 24.3 Å². The first kappa shape index (κ1) is 10.8. The highest BCUT2D eigenvalue weighted by molar-refractivity contribution is 7.60. The standard InChI is InChI=1S/C9H9O4P/c1-2-7-13-8-3-5-9(6-4-8)14(10,11)12/h1,3-6H,7H2,(H2,10,11,12). The molecule has 14 heavy (non-hydrogen) atoms. The molecule has 5 heteroatoms. The van der Waals surface area contributed by atoms with E-state index in [-0.39, 0.29) is 11.9 Å². The van der Waals surface area contributed by atoms with Crippen LogP contribution in [0.15, 0.2) is 24.3 Å². The first-order valence-corrected chi connectivity index (χ1v) is 5.37. The molecule has 74 valence electrons. The molecule has 1 aromatic rings. The third-order valence-corrected chi connectivity index (χ3v) is 2.47. The third kappa shape index (κ3) is 2.90. The normalized spacial score (nSPS) is 10.6. The molecular formula is C9H9O4P. The number of terminal acetylenes is 1. The quantitative estimate of drug-likeness (QED) is 0.565. The summed E-state index contributed by atoms with van der Waals surface area (Å²) in [6.45, 7) is 0.134. The Morgan fingerprint density at radius 1 is 1.36 bits per heavy atom. The molecule has 0 aliphatic heterocycles. The van der Waals surface area contributed by atoms with Crippen molar-refractivity contribution in [1.29, 1.82) is 0 Å². The van der Waals surface area contributed by atoms with E-state index in [4.69, 9.17) is 20.9 Å². The lowest BCUT2D eigenvalue weighted by Crippen LogP contribution is -2.03. The maximum Gasteiger partial charge on any atom is 0.356 e. The molecule has 0 unspecified atom stereocenters. The van der Waals surface area contributed by atoms with Gasteiger partial charge < -0.3 is 14.5 Å². The fourth-order valence-electron chi connectivity index (χ4n) is 0.862. The van der Waals surface area contributed by atoms with Crippen molar-refractivity contribution >= 4 is 12.9 Å². The van der Waals surface area contributed by atoms with Crippen LogP contribution in [0.25, 0.3) is 0 Å². The lowest BCUT2D eigenvalue weighted by molar-refractivity contribution is 0.370. The first-order chi connectivity index (χ1) is 6.54. The van der Waals surface area contributed by atoms with Crippen LogP contribution in [-0.4, -0.2) is 16.4 Å². The second kappa shape index (κ2) is 4.30. The number of ether oxygens (including phenoxy) is 1. The molecule has 0 aromatic heterocycles. The Morgan fingerprint density at radius 3 is 2.36 bits per heavy atom. The van der Waals surface area contributed by atoms with E-state index >= 15 is 0 Å². The summed E-state index contributed by atoms with van der Waals surface area (Å²) in [5.74, 6) is 2.77. The summed E-state index contributed by atoms with van der Waals surface area (Å²) in [4.78, 5) is 17.6. The molecule has 0 amide bonds. The predicted molar refractivity (Wildman–Crippen MR) is 52.4 cm³/mol. The summed E-state index contributed by atoms with van der Waals surface area (Å²) in [6, 6.07) is 5.55. The average Bonchev–Trinajstić information content (AvgIpc) is 2.14. The highest BCUT2D eigenvalue weighted by Crippen LogP contribution is 2.33. The van der Waals surface area contributed by atoms with Crippen LogP contribution < -0.4 is 10.0 Å². The topological polar surface area (TPSA) is 66.8 Å². The zero-order valence-electron chi connectivity index (χ0n) is 7.25. The van der Waals surface area contributed by atoms with Crippen molar-refractivity contribution in [2.24, 2.45) is 0 Å². The van der Waals surface area contributed by atoms with Crippen molar-refractivity contribution in [3.8, 4) is 18.1 Å². The molecular weight excluding hydrogens is 203 g/mol. The maximum absolute atomic E-state index is 10.8. The fraction of sp³-hybridized carbons (Fsp3) is 0.111. The predicted octanol–water partition coefficient (Wildman–Crippen LogP) is 0.502. The van der Waals surface area contributed by atoms with Gasteiger partial charge in [0.15, 0.2) is 0 Å². The molecule has 1 aromatic carbocycles. The molecule has 0 spiro atoms. The minimum Gasteiger partial charge on any atom is -0.481 e. The van der Waals surface area contributed by atoms with Crippen molar-refractivity contribution in [2.45, 2.75) is 0 Å². The Kier molecular flexibility index (Phi) is 3.32. The lowest BCUT2D eigenvalue weighted by Gasteiger charge is -2.05. The first-order valence-electron chi connectivity index (χ1n) is 3.76. The van der Waals surface area contributed by atoms with E-state index in [0.29, 0.717) is 5.75 Å². The monoisotopic (exact) mass is 212 g/mol. The Hall–Kier alpha value is -1.27. The van der Waals surface area contributed by atoms with Gasteiger partial charge in [0.05, 0.1) is 5.30 Å². The summed E-state index contributed by atoms with van der Waals surface area (Å²) >= 11 is 0. The van der Waals surface area contributed by atoms with Crippen LogP contribution in [0.5, 0.6) is 5.75 Å². The van der Waals surface area contributed by atoms with E-state index in [1.807, 2.05) is 0 Å². The van der Waals surface area contributed by atoms with Gasteiger partial charge in [0.1, 0.15) is 12.4 Å². The van der Waals surface area contributed by atoms with Crippen LogP contribution in [0.4, 0.5) is 0 Å². The molecule has 1 rings (SSSR count). The van der Waals surface area contributed by atoms with Gasteiger partial charge in [-0.25, -0.2) is 0 Å². The highest BCUT2D eigenvalue weighted by Gasteiger charge is 2.15. The van der Waals surface area contributed by atoms with Crippen LogP contribution in [0.3, 0.4) is 0 Å². The van der Waals surface area contributed by atoms with Crippen LogP contribution in [-0.2, 0) is 4.57 Å². The average molecular weight is 212 g/mol. The van der Waals surface area contributed by atoms with Crippen LogP contribution >= 0.6 is 7.60 Å². The molecule has 0 radical (unpaired) electrons. The number of hydrogen-bond donors (Lipinski definition) is 2. The molecule has 0 heterocycles. The van der Waals surface area contributed by atoms with Gasteiger partial charge in [-0.05, 0) is 24.3 Å². The summed E-state index contributed by atoms with van der Waals surface area (Å²) in [5.41, 5.74) is 0. The molecule has 0 saturated carbocycles. The third-order valence-electron chi connectivity index (χ3n) is 1.50. The van der Waals surface area contributed by atoms with Gasteiger partial charge in [-0.15, -0.1) is 6.42 Å². The van der Waals surface area contributed by atoms with Gasteiger partial charge in [-0.2, -0.15) is 0 Å². The molecule has 0 aliphatic carbocycles. The Morgan fingerprint density at radius 2 is 1.93 bits per heavy atom. The smallest absolute Gasteiger partial charge is 0.356 e. The zero-order chi connectivity index (χ0) is 10.6. The van der Waals surface area contributed by atoms with E-state index in [1.54, 1.807) is 0 Å². The Balaban J connectivity index is 2.80.